The molecule has 0 bridgehead atoms. The molecule has 2 atom stereocenters. The van der Waals surface area contributed by atoms with E-state index in [0.29, 0.717) is 12.0 Å². The molecule has 106 valence electrons. The third kappa shape index (κ3) is 3.50. The predicted molar refractivity (Wildman–Crippen MR) is 83.6 cm³/mol. The first-order chi connectivity index (χ1) is 9.11. The Labute approximate surface area is 118 Å². The van der Waals surface area contributed by atoms with Crippen LogP contribution in [0.25, 0.3) is 0 Å². The van der Waals surface area contributed by atoms with E-state index < -0.39 is 0 Å². The van der Waals surface area contributed by atoms with Gasteiger partial charge in [0.15, 0.2) is 0 Å². The van der Waals surface area contributed by atoms with E-state index in [2.05, 4.69) is 62.2 Å². The third-order valence-corrected chi connectivity index (χ3v) is 4.34. The van der Waals surface area contributed by atoms with Gasteiger partial charge in [0.05, 0.1) is 0 Å². The second kappa shape index (κ2) is 6.42. The quantitative estimate of drug-likeness (QED) is 0.888. The molecule has 0 fully saturated rings. The van der Waals surface area contributed by atoms with Crippen LogP contribution in [0.15, 0.2) is 24.3 Å². The molecule has 2 heteroatoms. The van der Waals surface area contributed by atoms with Crippen molar-refractivity contribution in [1.82, 2.24) is 5.32 Å². The fourth-order valence-electron chi connectivity index (χ4n) is 2.73. The monoisotopic (exact) mass is 260 g/mol. The van der Waals surface area contributed by atoms with Crippen LogP contribution in [0.4, 0.5) is 5.69 Å². The molecular formula is C17H28N2. The molecule has 2 rings (SSSR count). The predicted octanol–water partition coefficient (Wildman–Crippen LogP) is 3.67. The molecule has 1 N–H and O–H groups in total. The average Bonchev–Trinajstić information content (AvgIpc) is 2.59. The van der Waals surface area contributed by atoms with E-state index in [0.717, 1.165) is 19.0 Å². The molecule has 0 aromatic heterocycles. The van der Waals surface area contributed by atoms with Gasteiger partial charge in [0, 0.05) is 31.4 Å². The molecule has 0 spiro atoms. The number of nitrogens with one attached hydrogen (secondary N) is 1. The highest BCUT2D eigenvalue weighted by atomic mass is 15.2. The number of para-hydroxylation sites is 1. The molecule has 2 unspecified atom stereocenters. The van der Waals surface area contributed by atoms with Crippen molar-refractivity contribution in [2.45, 2.75) is 46.7 Å². The normalized spacial score (nSPS) is 21.1. The molecule has 0 amide bonds. The highest BCUT2D eigenvalue weighted by molar-refractivity contribution is 5.54. The summed E-state index contributed by atoms with van der Waals surface area (Å²) in [7, 11) is 0. The van der Waals surface area contributed by atoms with Gasteiger partial charge >= 0.3 is 0 Å². The van der Waals surface area contributed by atoms with Crippen LogP contribution in [0.2, 0.25) is 0 Å². The average molecular weight is 260 g/mol. The smallest absolute Gasteiger partial charge is 0.0412 e. The Morgan fingerprint density at radius 1 is 1.26 bits per heavy atom. The van der Waals surface area contributed by atoms with Gasteiger partial charge in [-0.25, -0.2) is 0 Å². The Morgan fingerprint density at radius 2 is 2.00 bits per heavy atom. The van der Waals surface area contributed by atoms with Gasteiger partial charge in [0.2, 0.25) is 0 Å². The summed E-state index contributed by atoms with van der Waals surface area (Å²) in [4.78, 5) is 2.59. The van der Waals surface area contributed by atoms with Gasteiger partial charge in [0.1, 0.15) is 0 Å². The second-order valence-corrected chi connectivity index (χ2v) is 6.28. The highest BCUT2D eigenvalue weighted by Crippen LogP contribution is 2.26. The molecule has 1 heterocycles. The number of anilines is 1. The Morgan fingerprint density at radius 3 is 2.68 bits per heavy atom. The molecule has 0 saturated heterocycles. The fourth-order valence-corrected chi connectivity index (χ4v) is 2.73. The van der Waals surface area contributed by atoms with E-state index in [1.807, 2.05) is 0 Å². The van der Waals surface area contributed by atoms with E-state index in [1.165, 1.54) is 24.2 Å². The second-order valence-electron chi connectivity index (χ2n) is 6.28. The zero-order chi connectivity index (χ0) is 13.8. The van der Waals surface area contributed by atoms with Crippen LogP contribution in [-0.4, -0.2) is 19.1 Å². The number of fused-ring (bicyclic) bond motifs is 1. The molecule has 1 aromatic rings. The largest absolute Gasteiger partial charge is 0.369 e. The summed E-state index contributed by atoms with van der Waals surface area (Å²) < 4.78 is 0. The van der Waals surface area contributed by atoms with Crippen molar-refractivity contribution in [3.63, 3.8) is 0 Å². The van der Waals surface area contributed by atoms with E-state index >= 15 is 0 Å². The summed E-state index contributed by atoms with van der Waals surface area (Å²) in [5, 5.41) is 3.72. The molecule has 0 aliphatic carbocycles. The first-order valence-corrected chi connectivity index (χ1v) is 7.68. The lowest BCUT2D eigenvalue weighted by molar-refractivity contribution is 0.396. The van der Waals surface area contributed by atoms with Crippen molar-refractivity contribution in [2.75, 3.05) is 18.0 Å². The number of hydrogen-bond donors (Lipinski definition) is 1. The number of rotatable bonds is 4. The van der Waals surface area contributed by atoms with Crippen molar-refractivity contribution in [1.29, 1.82) is 0 Å². The Balaban J connectivity index is 2.24. The van der Waals surface area contributed by atoms with E-state index in [4.69, 9.17) is 0 Å². The molecule has 19 heavy (non-hydrogen) atoms. The van der Waals surface area contributed by atoms with E-state index in [9.17, 15) is 0 Å². The van der Waals surface area contributed by atoms with Crippen molar-refractivity contribution in [2.24, 2.45) is 11.8 Å². The van der Waals surface area contributed by atoms with E-state index in [-0.39, 0.29) is 0 Å². The molecule has 2 nitrogen and oxygen atoms in total. The van der Waals surface area contributed by atoms with Gasteiger partial charge < -0.3 is 10.2 Å². The van der Waals surface area contributed by atoms with Crippen LogP contribution in [0, 0.1) is 11.8 Å². The summed E-state index contributed by atoms with van der Waals surface area (Å²) in [6.45, 7) is 12.6. The van der Waals surface area contributed by atoms with Crippen LogP contribution >= 0.6 is 0 Å². The Hall–Kier alpha value is -1.02. The zero-order valence-corrected chi connectivity index (χ0v) is 12.8. The SMILES string of the molecule is CCC(C)CN1CC(C(C)C)NCc2ccccc21. The fraction of sp³-hybridized carbons (Fsp3) is 0.647. The van der Waals surface area contributed by atoms with Gasteiger partial charge in [-0.15, -0.1) is 0 Å². The van der Waals surface area contributed by atoms with Crippen LogP contribution in [-0.2, 0) is 6.54 Å². The van der Waals surface area contributed by atoms with Gasteiger partial charge in [-0.1, -0.05) is 52.3 Å². The van der Waals surface area contributed by atoms with Crippen molar-refractivity contribution >= 4 is 5.69 Å². The maximum atomic E-state index is 3.72. The first kappa shape index (κ1) is 14.4. The van der Waals surface area contributed by atoms with Gasteiger partial charge in [-0.05, 0) is 23.5 Å². The molecule has 1 aliphatic rings. The zero-order valence-electron chi connectivity index (χ0n) is 12.8. The van der Waals surface area contributed by atoms with Crippen molar-refractivity contribution < 1.29 is 0 Å². The molecule has 1 aliphatic heterocycles. The lowest BCUT2D eigenvalue weighted by Crippen LogP contribution is -2.43. The lowest BCUT2D eigenvalue weighted by atomic mass is 10.0. The maximum Gasteiger partial charge on any atom is 0.0412 e. The number of nitrogens with zero attached hydrogens (tertiary/aromatic N) is 1. The Kier molecular flexibility index (Phi) is 4.87. The van der Waals surface area contributed by atoms with Crippen molar-refractivity contribution in [3.05, 3.63) is 29.8 Å². The molecule has 1 aromatic carbocycles. The summed E-state index contributed by atoms with van der Waals surface area (Å²) in [6.07, 6.45) is 1.25. The lowest BCUT2D eigenvalue weighted by Gasteiger charge is -2.31. The topological polar surface area (TPSA) is 15.3 Å². The maximum absolute atomic E-state index is 3.72. The standard InChI is InChI=1S/C17H28N2/c1-5-14(4)11-19-12-16(13(2)3)18-10-15-8-6-7-9-17(15)19/h6-9,13-14,16,18H,5,10-12H2,1-4H3. The Bertz CT molecular complexity index is 400. The molecular weight excluding hydrogens is 232 g/mol. The minimum atomic E-state index is 0.580. The molecule has 0 saturated carbocycles. The van der Waals surface area contributed by atoms with Gasteiger partial charge in [0.25, 0.3) is 0 Å². The van der Waals surface area contributed by atoms with Gasteiger partial charge in [-0.2, -0.15) is 0 Å². The van der Waals surface area contributed by atoms with Crippen LogP contribution in [0.3, 0.4) is 0 Å². The minimum absolute atomic E-state index is 0.580. The minimum Gasteiger partial charge on any atom is -0.369 e. The first-order valence-electron chi connectivity index (χ1n) is 7.68. The molecule has 0 radical (unpaired) electrons. The summed E-state index contributed by atoms with van der Waals surface area (Å²) in [5.74, 6) is 1.42. The van der Waals surface area contributed by atoms with E-state index in [1.54, 1.807) is 0 Å². The highest BCUT2D eigenvalue weighted by Gasteiger charge is 2.23. The van der Waals surface area contributed by atoms with Gasteiger partial charge in [-0.3, -0.25) is 0 Å². The third-order valence-electron chi connectivity index (χ3n) is 4.34. The number of benzene rings is 1. The van der Waals surface area contributed by atoms with Crippen LogP contribution < -0.4 is 10.2 Å². The van der Waals surface area contributed by atoms with Crippen molar-refractivity contribution in [3.8, 4) is 0 Å². The summed E-state index contributed by atoms with van der Waals surface area (Å²) in [5.41, 5.74) is 2.87. The summed E-state index contributed by atoms with van der Waals surface area (Å²) in [6, 6.07) is 9.43. The van der Waals surface area contributed by atoms with Crippen LogP contribution in [0.5, 0.6) is 0 Å². The van der Waals surface area contributed by atoms with Crippen LogP contribution in [0.1, 0.15) is 39.7 Å². The summed E-state index contributed by atoms with van der Waals surface area (Å²) >= 11 is 0. The number of hydrogen-bond acceptors (Lipinski definition) is 2.